The number of hydrogen-bond acceptors (Lipinski definition) is 3. The molecule has 0 amide bonds. The van der Waals surface area contributed by atoms with Gasteiger partial charge in [0.05, 0.1) is 11.8 Å². The zero-order chi connectivity index (χ0) is 12.3. The second kappa shape index (κ2) is 5.52. The van der Waals surface area contributed by atoms with Gasteiger partial charge in [0, 0.05) is 11.4 Å². The molecule has 0 unspecified atom stereocenters. The van der Waals surface area contributed by atoms with E-state index < -0.39 is 0 Å². The smallest absolute Gasteiger partial charge is 0.136 e. The molecule has 2 rings (SSSR count). The second-order valence-corrected chi connectivity index (χ2v) is 5.23. The molecule has 0 saturated carbocycles. The summed E-state index contributed by atoms with van der Waals surface area (Å²) >= 11 is 1.85. The third-order valence-electron chi connectivity index (χ3n) is 2.92. The van der Waals surface area contributed by atoms with E-state index in [0.29, 0.717) is 0 Å². The quantitative estimate of drug-likeness (QED) is 0.874. The maximum atomic E-state index is 5.44. The summed E-state index contributed by atoms with van der Waals surface area (Å²) in [6, 6.07) is 6.33. The summed E-state index contributed by atoms with van der Waals surface area (Å²) < 4.78 is 6.72. The summed E-state index contributed by atoms with van der Waals surface area (Å²) in [6.07, 6.45) is 2.32. The third-order valence-corrected chi connectivity index (χ3v) is 4.19. The summed E-state index contributed by atoms with van der Waals surface area (Å²) in [5, 5.41) is 4.61. The van der Waals surface area contributed by atoms with Crippen molar-refractivity contribution in [2.24, 2.45) is 0 Å². The Morgan fingerprint density at radius 3 is 2.82 bits per heavy atom. The van der Waals surface area contributed by atoms with Crippen molar-refractivity contribution in [2.75, 3.05) is 14.2 Å². The molecule has 0 aliphatic carbocycles. The lowest BCUT2D eigenvalue weighted by Gasteiger charge is -2.03. The zero-order valence-electron chi connectivity index (χ0n) is 10.7. The Balaban J connectivity index is 2.60. The van der Waals surface area contributed by atoms with Crippen LogP contribution in [-0.2, 0) is 13.0 Å². The summed E-state index contributed by atoms with van der Waals surface area (Å²) in [5.74, 6) is 0.993. The summed E-state index contributed by atoms with van der Waals surface area (Å²) in [7, 11) is 3.74. The first-order chi connectivity index (χ1) is 8.31. The minimum absolute atomic E-state index is 0.942. The molecule has 17 heavy (non-hydrogen) atoms. The Bertz CT molecular complexity index is 504. The van der Waals surface area contributed by atoms with Crippen LogP contribution in [-0.4, -0.2) is 14.2 Å². The molecule has 1 aromatic heterocycles. The number of methoxy groups -OCH3 is 1. The summed E-state index contributed by atoms with van der Waals surface area (Å²) in [4.78, 5) is 1.44. The number of aryl methyl sites for hydroxylation is 1. The Labute approximate surface area is 107 Å². The van der Waals surface area contributed by atoms with Gasteiger partial charge < -0.3 is 10.1 Å². The molecule has 3 heteroatoms. The van der Waals surface area contributed by atoms with Gasteiger partial charge in [-0.1, -0.05) is 25.5 Å². The lowest BCUT2D eigenvalue weighted by molar-refractivity contribution is 0.420. The molecule has 0 saturated heterocycles. The van der Waals surface area contributed by atoms with Crippen LogP contribution in [0.4, 0.5) is 0 Å². The second-order valence-electron chi connectivity index (χ2n) is 4.12. The number of fused-ring (bicyclic) bond motifs is 1. The molecule has 0 bridgehead atoms. The normalized spacial score (nSPS) is 11.0. The van der Waals surface area contributed by atoms with Crippen LogP contribution in [0.2, 0.25) is 0 Å². The number of thiophene rings is 1. The predicted octanol–water partition coefficient (Wildman–Crippen LogP) is 3.58. The fourth-order valence-electron chi connectivity index (χ4n) is 2.18. The maximum Gasteiger partial charge on any atom is 0.136 e. The molecule has 1 N–H and O–H groups in total. The predicted molar refractivity (Wildman–Crippen MR) is 75.1 cm³/mol. The highest BCUT2D eigenvalue weighted by molar-refractivity contribution is 7.19. The summed E-state index contributed by atoms with van der Waals surface area (Å²) in [5.41, 5.74) is 1.49. The van der Waals surface area contributed by atoms with E-state index in [1.807, 2.05) is 24.5 Å². The molecular weight excluding hydrogens is 230 g/mol. The van der Waals surface area contributed by atoms with Crippen LogP contribution in [0.1, 0.15) is 23.8 Å². The SMILES string of the molecule is CCCc1c(CNC)sc2c(OC)cccc12. The Morgan fingerprint density at radius 1 is 1.35 bits per heavy atom. The highest BCUT2D eigenvalue weighted by Crippen LogP contribution is 2.37. The van der Waals surface area contributed by atoms with Crippen LogP contribution < -0.4 is 10.1 Å². The van der Waals surface area contributed by atoms with Gasteiger partial charge in [-0.25, -0.2) is 0 Å². The van der Waals surface area contributed by atoms with Gasteiger partial charge in [0.25, 0.3) is 0 Å². The van der Waals surface area contributed by atoms with E-state index >= 15 is 0 Å². The minimum Gasteiger partial charge on any atom is -0.495 e. The molecule has 1 heterocycles. The number of benzene rings is 1. The molecule has 2 aromatic rings. The van der Waals surface area contributed by atoms with Crippen LogP contribution in [0, 0.1) is 0 Å². The van der Waals surface area contributed by atoms with Crippen molar-refractivity contribution in [2.45, 2.75) is 26.3 Å². The molecule has 1 aromatic carbocycles. The van der Waals surface area contributed by atoms with Crippen molar-refractivity contribution < 1.29 is 4.74 Å². The average molecular weight is 249 g/mol. The van der Waals surface area contributed by atoms with Gasteiger partial charge in [0.1, 0.15) is 5.75 Å². The van der Waals surface area contributed by atoms with Crippen molar-refractivity contribution in [3.8, 4) is 5.75 Å². The van der Waals surface area contributed by atoms with E-state index in [2.05, 4.69) is 24.4 Å². The summed E-state index contributed by atoms with van der Waals surface area (Å²) in [6.45, 7) is 3.17. The fraction of sp³-hybridized carbons (Fsp3) is 0.429. The van der Waals surface area contributed by atoms with Crippen molar-refractivity contribution >= 4 is 21.4 Å². The highest BCUT2D eigenvalue weighted by Gasteiger charge is 2.13. The molecule has 0 aliphatic rings. The molecular formula is C14H19NOS. The van der Waals surface area contributed by atoms with E-state index in [1.54, 1.807) is 7.11 Å². The number of ether oxygens (including phenoxy) is 1. The molecule has 92 valence electrons. The lowest BCUT2D eigenvalue weighted by Crippen LogP contribution is -2.05. The molecule has 0 spiro atoms. The molecule has 0 atom stereocenters. The molecule has 2 nitrogen and oxygen atoms in total. The number of hydrogen-bond donors (Lipinski definition) is 1. The van der Waals surface area contributed by atoms with Gasteiger partial charge in [-0.15, -0.1) is 11.3 Å². The van der Waals surface area contributed by atoms with Crippen LogP contribution >= 0.6 is 11.3 Å². The lowest BCUT2D eigenvalue weighted by atomic mass is 10.1. The molecule has 0 aliphatic heterocycles. The zero-order valence-corrected chi connectivity index (χ0v) is 11.5. The van der Waals surface area contributed by atoms with Gasteiger partial charge in [0.2, 0.25) is 0 Å². The van der Waals surface area contributed by atoms with E-state index in [4.69, 9.17) is 4.74 Å². The largest absolute Gasteiger partial charge is 0.495 e. The Kier molecular flexibility index (Phi) is 4.02. The first-order valence-electron chi connectivity index (χ1n) is 6.03. The molecule has 0 radical (unpaired) electrons. The minimum atomic E-state index is 0.942. The van der Waals surface area contributed by atoms with Gasteiger partial charge in [-0.2, -0.15) is 0 Å². The average Bonchev–Trinajstić information content (AvgIpc) is 2.69. The van der Waals surface area contributed by atoms with Crippen molar-refractivity contribution in [3.63, 3.8) is 0 Å². The van der Waals surface area contributed by atoms with E-state index in [-0.39, 0.29) is 0 Å². The van der Waals surface area contributed by atoms with Crippen LogP contribution in [0.15, 0.2) is 18.2 Å². The van der Waals surface area contributed by atoms with E-state index in [1.165, 1.54) is 26.9 Å². The fourth-order valence-corrected chi connectivity index (χ4v) is 3.53. The van der Waals surface area contributed by atoms with Gasteiger partial charge in [0.15, 0.2) is 0 Å². The first kappa shape index (κ1) is 12.4. The van der Waals surface area contributed by atoms with Crippen molar-refractivity contribution in [1.82, 2.24) is 5.32 Å². The highest BCUT2D eigenvalue weighted by atomic mass is 32.1. The Morgan fingerprint density at radius 2 is 2.18 bits per heavy atom. The number of nitrogens with one attached hydrogen (secondary N) is 1. The molecule has 0 fully saturated rings. The van der Waals surface area contributed by atoms with Crippen LogP contribution in [0.5, 0.6) is 5.75 Å². The van der Waals surface area contributed by atoms with Gasteiger partial charge in [-0.3, -0.25) is 0 Å². The first-order valence-corrected chi connectivity index (χ1v) is 6.85. The van der Waals surface area contributed by atoms with Crippen molar-refractivity contribution in [3.05, 3.63) is 28.6 Å². The topological polar surface area (TPSA) is 21.3 Å². The van der Waals surface area contributed by atoms with Gasteiger partial charge >= 0.3 is 0 Å². The van der Waals surface area contributed by atoms with Crippen LogP contribution in [0.3, 0.4) is 0 Å². The van der Waals surface area contributed by atoms with E-state index in [0.717, 1.165) is 18.7 Å². The van der Waals surface area contributed by atoms with Gasteiger partial charge in [-0.05, 0) is 30.5 Å². The van der Waals surface area contributed by atoms with E-state index in [9.17, 15) is 0 Å². The Hall–Kier alpha value is -1.06. The van der Waals surface area contributed by atoms with Crippen molar-refractivity contribution in [1.29, 1.82) is 0 Å². The monoisotopic (exact) mass is 249 g/mol. The standard InChI is InChI=1S/C14H19NOS/c1-4-6-10-11-7-5-8-12(16-3)14(11)17-13(10)9-15-2/h5,7-8,15H,4,6,9H2,1-3H3. The third kappa shape index (κ3) is 2.31. The van der Waals surface area contributed by atoms with Crippen LogP contribution in [0.25, 0.3) is 10.1 Å². The maximum absolute atomic E-state index is 5.44. The number of rotatable bonds is 5.